The van der Waals surface area contributed by atoms with Crippen molar-refractivity contribution < 1.29 is 4.39 Å². The van der Waals surface area contributed by atoms with Gasteiger partial charge in [0.25, 0.3) is 0 Å². The van der Waals surface area contributed by atoms with E-state index in [0.29, 0.717) is 6.42 Å². The molecule has 1 rings (SSSR count). The van der Waals surface area contributed by atoms with Crippen molar-refractivity contribution in [1.29, 1.82) is 0 Å². The van der Waals surface area contributed by atoms with Gasteiger partial charge in [0.05, 0.1) is 6.67 Å². The van der Waals surface area contributed by atoms with Crippen LogP contribution in [0.2, 0.25) is 0 Å². The van der Waals surface area contributed by atoms with E-state index in [1.54, 1.807) is 0 Å². The lowest BCUT2D eigenvalue weighted by Gasteiger charge is -2.22. The zero-order chi connectivity index (χ0) is 10.2. The third-order valence-electron chi connectivity index (χ3n) is 2.94. The van der Waals surface area contributed by atoms with Crippen LogP contribution < -0.4 is 5.32 Å². The highest BCUT2D eigenvalue weighted by Crippen LogP contribution is 2.14. The summed E-state index contributed by atoms with van der Waals surface area (Å²) in [5.41, 5.74) is 0. The van der Waals surface area contributed by atoms with E-state index < -0.39 is 0 Å². The molecule has 1 fully saturated rings. The molecule has 0 spiro atoms. The summed E-state index contributed by atoms with van der Waals surface area (Å²) in [6.45, 7) is 4.19. The zero-order valence-electron chi connectivity index (χ0n) is 9.27. The summed E-state index contributed by atoms with van der Waals surface area (Å²) >= 11 is 0. The second-order valence-electron chi connectivity index (χ2n) is 4.35. The molecule has 3 heteroatoms. The van der Waals surface area contributed by atoms with Gasteiger partial charge in [-0.15, -0.1) is 0 Å². The first-order valence-corrected chi connectivity index (χ1v) is 5.78. The van der Waals surface area contributed by atoms with Gasteiger partial charge in [-0.2, -0.15) is 0 Å². The lowest BCUT2D eigenvalue weighted by Crippen LogP contribution is -2.27. The van der Waals surface area contributed by atoms with E-state index in [-0.39, 0.29) is 6.67 Å². The van der Waals surface area contributed by atoms with Gasteiger partial charge in [0.1, 0.15) is 0 Å². The maximum Gasteiger partial charge on any atom is 0.0906 e. The van der Waals surface area contributed by atoms with Crippen molar-refractivity contribution in [2.75, 3.05) is 39.9 Å². The molecular weight excluding hydrogens is 179 g/mol. The second-order valence-corrected chi connectivity index (χ2v) is 4.35. The van der Waals surface area contributed by atoms with Crippen LogP contribution in [0.25, 0.3) is 0 Å². The van der Waals surface area contributed by atoms with Crippen LogP contribution in [0.5, 0.6) is 0 Å². The van der Waals surface area contributed by atoms with Gasteiger partial charge in [0, 0.05) is 13.1 Å². The Balaban J connectivity index is 2.13. The maximum absolute atomic E-state index is 12.0. The summed E-state index contributed by atoms with van der Waals surface area (Å²) < 4.78 is 12.0. The molecule has 1 atom stereocenters. The smallest absolute Gasteiger partial charge is 0.0906 e. The minimum Gasteiger partial charge on any atom is -0.317 e. The fraction of sp³-hybridized carbons (Fsp3) is 1.00. The second kappa shape index (κ2) is 7.18. The molecule has 2 nitrogen and oxygen atoms in total. The molecule has 0 aromatic rings. The summed E-state index contributed by atoms with van der Waals surface area (Å²) in [6.07, 6.45) is 4.58. The lowest BCUT2D eigenvalue weighted by atomic mass is 10.0. The number of rotatable bonds is 5. The third kappa shape index (κ3) is 4.91. The molecule has 1 aliphatic heterocycles. The molecular formula is C11H23FN2. The molecule has 1 unspecified atom stereocenters. The summed E-state index contributed by atoms with van der Waals surface area (Å²) in [5, 5.41) is 3.42. The molecule has 0 aromatic carbocycles. The highest BCUT2D eigenvalue weighted by atomic mass is 19.1. The number of alkyl halides is 1. The molecule has 1 aliphatic rings. The van der Waals surface area contributed by atoms with Crippen molar-refractivity contribution in [3.63, 3.8) is 0 Å². The topological polar surface area (TPSA) is 15.3 Å². The number of hydrogen-bond acceptors (Lipinski definition) is 2. The Kier molecular flexibility index (Phi) is 6.12. The molecule has 0 amide bonds. The molecule has 0 saturated carbocycles. The van der Waals surface area contributed by atoms with Crippen LogP contribution in [-0.4, -0.2) is 44.8 Å². The summed E-state index contributed by atoms with van der Waals surface area (Å²) in [5.74, 6) is 0.814. The average molecular weight is 202 g/mol. The van der Waals surface area contributed by atoms with Crippen molar-refractivity contribution >= 4 is 0 Å². The SMILES string of the molecule is CN(CCCF)CC1CCCNCC1. The lowest BCUT2D eigenvalue weighted by molar-refractivity contribution is 0.251. The molecule has 0 aliphatic carbocycles. The van der Waals surface area contributed by atoms with Crippen LogP contribution in [-0.2, 0) is 0 Å². The highest BCUT2D eigenvalue weighted by Gasteiger charge is 2.13. The van der Waals surface area contributed by atoms with Crippen LogP contribution in [0.15, 0.2) is 0 Å². The molecule has 14 heavy (non-hydrogen) atoms. The van der Waals surface area contributed by atoms with Gasteiger partial charge in [0.15, 0.2) is 0 Å². The minimum absolute atomic E-state index is 0.184. The highest BCUT2D eigenvalue weighted by molar-refractivity contribution is 4.69. The number of hydrogen-bond donors (Lipinski definition) is 1. The standard InChI is InChI=1S/C11H23FN2/c1-14(9-3-6-12)10-11-4-2-7-13-8-5-11/h11,13H,2-10H2,1H3. The average Bonchev–Trinajstić information content (AvgIpc) is 2.43. The first-order chi connectivity index (χ1) is 6.83. The molecule has 84 valence electrons. The van der Waals surface area contributed by atoms with Gasteiger partial charge in [-0.3, -0.25) is 4.39 Å². The van der Waals surface area contributed by atoms with E-state index in [9.17, 15) is 4.39 Å². The number of nitrogens with one attached hydrogen (secondary N) is 1. The quantitative estimate of drug-likeness (QED) is 0.729. The molecule has 1 heterocycles. The molecule has 1 N–H and O–H groups in total. The van der Waals surface area contributed by atoms with Crippen LogP contribution >= 0.6 is 0 Å². The minimum atomic E-state index is -0.184. The Morgan fingerprint density at radius 3 is 3.00 bits per heavy atom. The summed E-state index contributed by atoms with van der Waals surface area (Å²) in [6, 6.07) is 0. The van der Waals surface area contributed by atoms with E-state index in [2.05, 4.69) is 17.3 Å². The van der Waals surface area contributed by atoms with Crippen molar-refractivity contribution in [2.45, 2.75) is 25.7 Å². The first kappa shape index (κ1) is 11.9. The van der Waals surface area contributed by atoms with Crippen LogP contribution in [0.1, 0.15) is 25.7 Å². The molecule has 0 radical (unpaired) electrons. The Labute approximate surface area is 86.9 Å². The van der Waals surface area contributed by atoms with Gasteiger partial charge in [-0.05, 0) is 51.7 Å². The monoisotopic (exact) mass is 202 g/mol. The van der Waals surface area contributed by atoms with Gasteiger partial charge >= 0.3 is 0 Å². The van der Waals surface area contributed by atoms with Crippen molar-refractivity contribution in [3.05, 3.63) is 0 Å². The molecule has 1 saturated heterocycles. The molecule has 0 aromatic heterocycles. The van der Waals surface area contributed by atoms with E-state index in [1.165, 1.54) is 25.8 Å². The van der Waals surface area contributed by atoms with Crippen molar-refractivity contribution in [2.24, 2.45) is 5.92 Å². The Morgan fingerprint density at radius 1 is 1.36 bits per heavy atom. The van der Waals surface area contributed by atoms with Crippen LogP contribution in [0.3, 0.4) is 0 Å². The van der Waals surface area contributed by atoms with E-state index >= 15 is 0 Å². The maximum atomic E-state index is 12.0. The summed E-state index contributed by atoms with van der Waals surface area (Å²) in [4.78, 5) is 2.27. The third-order valence-corrected chi connectivity index (χ3v) is 2.94. The number of nitrogens with zero attached hydrogens (tertiary/aromatic N) is 1. The van der Waals surface area contributed by atoms with Gasteiger partial charge in [-0.25, -0.2) is 0 Å². The fourth-order valence-corrected chi connectivity index (χ4v) is 2.14. The van der Waals surface area contributed by atoms with E-state index in [0.717, 1.165) is 25.6 Å². The van der Waals surface area contributed by atoms with E-state index in [4.69, 9.17) is 0 Å². The zero-order valence-corrected chi connectivity index (χ0v) is 9.27. The summed E-state index contributed by atoms with van der Waals surface area (Å²) in [7, 11) is 2.11. The van der Waals surface area contributed by atoms with E-state index in [1.807, 2.05) is 0 Å². The Morgan fingerprint density at radius 2 is 2.21 bits per heavy atom. The molecule has 0 bridgehead atoms. The fourth-order valence-electron chi connectivity index (χ4n) is 2.14. The van der Waals surface area contributed by atoms with Gasteiger partial charge in [-0.1, -0.05) is 0 Å². The largest absolute Gasteiger partial charge is 0.317 e. The first-order valence-electron chi connectivity index (χ1n) is 5.78. The Hall–Kier alpha value is -0.150. The predicted octanol–water partition coefficient (Wildman–Crippen LogP) is 1.67. The van der Waals surface area contributed by atoms with Crippen LogP contribution in [0, 0.1) is 5.92 Å². The van der Waals surface area contributed by atoms with Gasteiger partial charge in [0.2, 0.25) is 0 Å². The van der Waals surface area contributed by atoms with Gasteiger partial charge < -0.3 is 10.2 Å². The normalized spacial score (nSPS) is 23.8. The predicted molar refractivity (Wildman–Crippen MR) is 58.3 cm³/mol. The Bertz CT molecular complexity index is 133. The van der Waals surface area contributed by atoms with Crippen molar-refractivity contribution in [1.82, 2.24) is 10.2 Å². The van der Waals surface area contributed by atoms with Crippen LogP contribution in [0.4, 0.5) is 4.39 Å². The number of halogens is 1. The van der Waals surface area contributed by atoms with Crippen molar-refractivity contribution in [3.8, 4) is 0 Å².